The molecule has 0 aliphatic carbocycles. The molecule has 1 aromatic carbocycles. The highest BCUT2D eigenvalue weighted by atomic mass is 32.2. The SMILES string of the molecule is CNCc1ccccc1SCCF. The van der Waals surface area contributed by atoms with Crippen LogP contribution in [0.3, 0.4) is 0 Å². The first-order chi connectivity index (χ1) is 6.38. The molecule has 1 N–H and O–H groups in total. The topological polar surface area (TPSA) is 12.0 Å². The number of halogens is 1. The third kappa shape index (κ3) is 3.36. The number of rotatable bonds is 5. The fourth-order valence-corrected chi connectivity index (χ4v) is 1.93. The molecule has 3 heteroatoms. The zero-order valence-corrected chi connectivity index (χ0v) is 8.53. The molecule has 1 nitrogen and oxygen atoms in total. The monoisotopic (exact) mass is 199 g/mol. The van der Waals surface area contributed by atoms with Crippen molar-refractivity contribution in [3.05, 3.63) is 29.8 Å². The molecule has 1 aromatic rings. The first kappa shape index (κ1) is 10.5. The molecule has 0 saturated carbocycles. The number of nitrogens with one attached hydrogen (secondary N) is 1. The summed E-state index contributed by atoms with van der Waals surface area (Å²) in [6.07, 6.45) is 0. The van der Waals surface area contributed by atoms with Gasteiger partial charge >= 0.3 is 0 Å². The third-order valence-corrected chi connectivity index (χ3v) is 2.74. The highest BCUT2D eigenvalue weighted by molar-refractivity contribution is 7.99. The highest BCUT2D eigenvalue weighted by Gasteiger charge is 2.00. The number of hydrogen-bond donors (Lipinski definition) is 1. The molecule has 0 radical (unpaired) electrons. The Morgan fingerprint density at radius 3 is 2.85 bits per heavy atom. The molecule has 0 unspecified atom stereocenters. The largest absolute Gasteiger partial charge is 0.316 e. The van der Waals surface area contributed by atoms with Gasteiger partial charge in [0.25, 0.3) is 0 Å². The molecule has 0 heterocycles. The summed E-state index contributed by atoms with van der Waals surface area (Å²) in [5.41, 5.74) is 1.24. The predicted molar refractivity (Wildman–Crippen MR) is 55.9 cm³/mol. The van der Waals surface area contributed by atoms with Gasteiger partial charge in [-0.2, -0.15) is 0 Å². The van der Waals surface area contributed by atoms with Crippen molar-refractivity contribution < 1.29 is 4.39 Å². The van der Waals surface area contributed by atoms with Crippen molar-refractivity contribution in [2.75, 3.05) is 19.5 Å². The molecule has 1 rings (SSSR count). The maximum absolute atomic E-state index is 12.0. The van der Waals surface area contributed by atoms with Gasteiger partial charge in [-0.25, -0.2) is 0 Å². The third-order valence-electron chi connectivity index (χ3n) is 1.67. The van der Waals surface area contributed by atoms with E-state index in [-0.39, 0.29) is 6.67 Å². The molecule has 72 valence electrons. The van der Waals surface area contributed by atoms with E-state index in [2.05, 4.69) is 11.4 Å². The Labute approximate surface area is 82.7 Å². The lowest BCUT2D eigenvalue weighted by molar-refractivity contribution is 0.533. The van der Waals surface area contributed by atoms with E-state index in [4.69, 9.17) is 0 Å². The van der Waals surface area contributed by atoms with Crippen molar-refractivity contribution >= 4 is 11.8 Å². The molecular weight excluding hydrogens is 185 g/mol. The minimum absolute atomic E-state index is 0.265. The van der Waals surface area contributed by atoms with Gasteiger partial charge < -0.3 is 5.32 Å². The summed E-state index contributed by atoms with van der Waals surface area (Å²) in [5.74, 6) is 0.542. The summed E-state index contributed by atoms with van der Waals surface area (Å²) >= 11 is 1.57. The van der Waals surface area contributed by atoms with Crippen LogP contribution in [0.15, 0.2) is 29.2 Å². The summed E-state index contributed by atoms with van der Waals surface area (Å²) in [7, 11) is 1.91. The summed E-state index contributed by atoms with van der Waals surface area (Å²) < 4.78 is 12.0. The second kappa shape index (κ2) is 6.00. The summed E-state index contributed by atoms with van der Waals surface area (Å²) in [6.45, 7) is 0.577. The molecule has 0 fully saturated rings. The van der Waals surface area contributed by atoms with Crippen molar-refractivity contribution in [3.63, 3.8) is 0 Å². The van der Waals surface area contributed by atoms with Gasteiger partial charge in [0.1, 0.15) is 0 Å². The van der Waals surface area contributed by atoms with E-state index < -0.39 is 0 Å². The van der Waals surface area contributed by atoms with E-state index in [0.717, 1.165) is 6.54 Å². The summed E-state index contributed by atoms with van der Waals surface area (Å²) in [6, 6.07) is 8.09. The first-order valence-electron chi connectivity index (χ1n) is 4.29. The van der Waals surface area contributed by atoms with Gasteiger partial charge in [0.05, 0.1) is 6.67 Å². The van der Waals surface area contributed by atoms with E-state index in [1.54, 1.807) is 11.8 Å². The average Bonchev–Trinajstić information content (AvgIpc) is 2.17. The lowest BCUT2D eigenvalue weighted by Gasteiger charge is -2.06. The van der Waals surface area contributed by atoms with E-state index in [1.807, 2.05) is 25.2 Å². The Balaban J connectivity index is 2.66. The minimum Gasteiger partial charge on any atom is -0.316 e. The molecule has 0 aromatic heterocycles. The van der Waals surface area contributed by atoms with Crippen LogP contribution in [0.2, 0.25) is 0 Å². The van der Waals surface area contributed by atoms with Crippen LogP contribution in [0, 0.1) is 0 Å². The second-order valence-corrected chi connectivity index (χ2v) is 3.81. The van der Waals surface area contributed by atoms with E-state index in [0.29, 0.717) is 5.75 Å². The fraction of sp³-hybridized carbons (Fsp3) is 0.400. The van der Waals surface area contributed by atoms with Crippen LogP contribution < -0.4 is 5.32 Å². The Hall–Kier alpha value is -0.540. The van der Waals surface area contributed by atoms with Gasteiger partial charge in [-0.05, 0) is 18.7 Å². The maximum Gasteiger partial charge on any atom is 0.0988 e. The van der Waals surface area contributed by atoms with Crippen molar-refractivity contribution in [2.45, 2.75) is 11.4 Å². The summed E-state index contributed by atoms with van der Waals surface area (Å²) in [5, 5.41) is 3.09. The van der Waals surface area contributed by atoms with E-state index >= 15 is 0 Å². The Morgan fingerprint density at radius 2 is 2.15 bits per heavy atom. The normalized spacial score (nSPS) is 10.3. The lowest BCUT2D eigenvalue weighted by atomic mass is 10.2. The smallest absolute Gasteiger partial charge is 0.0988 e. The van der Waals surface area contributed by atoms with Gasteiger partial charge in [0.15, 0.2) is 0 Å². The van der Waals surface area contributed by atoms with Crippen LogP contribution in [0.25, 0.3) is 0 Å². The summed E-state index contributed by atoms with van der Waals surface area (Å²) in [4.78, 5) is 1.18. The van der Waals surface area contributed by atoms with Crippen LogP contribution in [-0.2, 0) is 6.54 Å². The van der Waals surface area contributed by atoms with Gasteiger partial charge in [0.2, 0.25) is 0 Å². The standard InChI is InChI=1S/C10H14FNS/c1-12-8-9-4-2-3-5-10(9)13-7-6-11/h2-5,12H,6-8H2,1H3. The van der Waals surface area contributed by atoms with Crippen molar-refractivity contribution in [2.24, 2.45) is 0 Å². The van der Waals surface area contributed by atoms with Crippen molar-refractivity contribution in [1.82, 2.24) is 5.32 Å². The molecule has 0 atom stereocenters. The number of alkyl halides is 1. The number of hydrogen-bond acceptors (Lipinski definition) is 2. The van der Waals surface area contributed by atoms with Gasteiger partial charge in [-0.15, -0.1) is 11.8 Å². The maximum atomic E-state index is 12.0. The number of benzene rings is 1. The van der Waals surface area contributed by atoms with Crippen molar-refractivity contribution in [3.8, 4) is 0 Å². The molecular formula is C10H14FNS. The van der Waals surface area contributed by atoms with Crippen LogP contribution in [0.5, 0.6) is 0 Å². The molecule has 0 spiro atoms. The van der Waals surface area contributed by atoms with Gasteiger partial charge in [-0.1, -0.05) is 18.2 Å². The average molecular weight is 199 g/mol. The molecule has 0 aliphatic heterocycles. The van der Waals surface area contributed by atoms with Crippen LogP contribution in [0.4, 0.5) is 4.39 Å². The predicted octanol–water partition coefficient (Wildman–Crippen LogP) is 2.47. The minimum atomic E-state index is -0.265. The zero-order chi connectivity index (χ0) is 9.52. The Morgan fingerprint density at radius 1 is 1.38 bits per heavy atom. The molecule has 0 bridgehead atoms. The van der Waals surface area contributed by atoms with Crippen molar-refractivity contribution in [1.29, 1.82) is 0 Å². The van der Waals surface area contributed by atoms with Crippen LogP contribution >= 0.6 is 11.8 Å². The fourth-order valence-electron chi connectivity index (χ4n) is 1.13. The quantitative estimate of drug-likeness (QED) is 0.731. The van der Waals surface area contributed by atoms with E-state index in [9.17, 15) is 4.39 Å². The lowest BCUT2D eigenvalue weighted by Crippen LogP contribution is -2.06. The Bertz CT molecular complexity index is 252. The van der Waals surface area contributed by atoms with Crippen LogP contribution in [-0.4, -0.2) is 19.5 Å². The second-order valence-electron chi connectivity index (χ2n) is 2.68. The molecule has 0 aliphatic rings. The van der Waals surface area contributed by atoms with Gasteiger partial charge in [-0.3, -0.25) is 4.39 Å². The molecule has 0 saturated heterocycles. The molecule has 0 amide bonds. The van der Waals surface area contributed by atoms with Gasteiger partial charge in [0, 0.05) is 17.2 Å². The van der Waals surface area contributed by atoms with Crippen LogP contribution in [0.1, 0.15) is 5.56 Å². The molecule has 13 heavy (non-hydrogen) atoms. The highest BCUT2D eigenvalue weighted by Crippen LogP contribution is 2.22. The van der Waals surface area contributed by atoms with E-state index in [1.165, 1.54) is 10.5 Å². The first-order valence-corrected chi connectivity index (χ1v) is 5.28. The Kier molecular flexibility index (Phi) is 4.86. The zero-order valence-electron chi connectivity index (χ0n) is 7.72. The number of thioether (sulfide) groups is 1.